The summed E-state index contributed by atoms with van der Waals surface area (Å²) in [4.78, 5) is 9.20. The Hall–Kier alpha value is -1.96. The summed E-state index contributed by atoms with van der Waals surface area (Å²) < 4.78 is 0. The van der Waals surface area contributed by atoms with Crippen LogP contribution in [0.15, 0.2) is 49.6 Å². The number of aromatic nitrogens is 2. The Bertz CT molecular complexity index is 481. The molecule has 1 aromatic heterocycles. The van der Waals surface area contributed by atoms with Gasteiger partial charge in [0.2, 0.25) is 0 Å². The first-order chi connectivity index (χ1) is 7.85. The molecule has 0 fully saturated rings. The SMILES string of the molecule is C=CCc1nc2ccccc2nc1CC=C. The molecule has 2 aromatic rings. The molecule has 0 amide bonds. The molecule has 0 aliphatic rings. The van der Waals surface area contributed by atoms with Gasteiger partial charge in [-0.3, -0.25) is 0 Å². The minimum absolute atomic E-state index is 0.751. The maximum absolute atomic E-state index is 4.60. The van der Waals surface area contributed by atoms with Gasteiger partial charge in [0.25, 0.3) is 0 Å². The maximum atomic E-state index is 4.60. The van der Waals surface area contributed by atoms with E-state index in [9.17, 15) is 0 Å². The quantitative estimate of drug-likeness (QED) is 0.725. The molecule has 0 spiro atoms. The fraction of sp³-hybridized carbons (Fsp3) is 0.143. The molecule has 0 aliphatic carbocycles. The van der Waals surface area contributed by atoms with Crippen LogP contribution >= 0.6 is 0 Å². The highest BCUT2D eigenvalue weighted by Gasteiger charge is 2.05. The van der Waals surface area contributed by atoms with Gasteiger partial charge < -0.3 is 0 Å². The third-order valence-corrected chi connectivity index (χ3v) is 2.40. The molecule has 1 aromatic carbocycles. The van der Waals surface area contributed by atoms with Crippen LogP contribution in [0.2, 0.25) is 0 Å². The molecule has 0 aliphatic heterocycles. The number of nitrogens with zero attached hydrogens (tertiary/aromatic N) is 2. The smallest absolute Gasteiger partial charge is 0.0890 e. The van der Waals surface area contributed by atoms with Crippen molar-refractivity contribution in [2.24, 2.45) is 0 Å². The predicted octanol–water partition coefficient (Wildman–Crippen LogP) is 3.09. The van der Waals surface area contributed by atoms with E-state index in [1.54, 1.807) is 0 Å². The van der Waals surface area contributed by atoms with Crippen molar-refractivity contribution in [1.29, 1.82) is 0 Å². The van der Waals surface area contributed by atoms with Crippen LogP contribution in [0.5, 0.6) is 0 Å². The van der Waals surface area contributed by atoms with E-state index in [1.807, 2.05) is 36.4 Å². The topological polar surface area (TPSA) is 25.8 Å². The Balaban J connectivity index is 2.60. The minimum Gasteiger partial charge on any atom is -0.249 e. The van der Waals surface area contributed by atoms with Gasteiger partial charge in [-0.15, -0.1) is 13.2 Å². The number of hydrogen-bond donors (Lipinski definition) is 0. The third-order valence-electron chi connectivity index (χ3n) is 2.40. The molecular weight excluding hydrogens is 196 g/mol. The van der Waals surface area contributed by atoms with Crippen LogP contribution in [0.25, 0.3) is 11.0 Å². The summed E-state index contributed by atoms with van der Waals surface area (Å²) in [5.41, 5.74) is 3.86. The summed E-state index contributed by atoms with van der Waals surface area (Å²) in [7, 11) is 0. The van der Waals surface area contributed by atoms with E-state index in [4.69, 9.17) is 0 Å². The Morgan fingerprint density at radius 2 is 1.31 bits per heavy atom. The highest BCUT2D eigenvalue weighted by Crippen LogP contribution is 2.14. The van der Waals surface area contributed by atoms with Gasteiger partial charge in [0.15, 0.2) is 0 Å². The summed E-state index contributed by atoms with van der Waals surface area (Å²) >= 11 is 0. The summed E-state index contributed by atoms with van der Waals surface area (Å²) in [5.74, 6) is 0. The van der Waals surface area contributed by atoms with Crippen molar-refractivity contribution in [2.75, 3.05) is 0 Å². The van der Waals surface area contributed by atoms with Crippen LogP contribution in [-0.2, 0) is 12.8 Å². The molecule has 1 heterocycles. The number of hydrogen-bond acceptors (Lipinski definition) is 2. The van der Waals surface area contributed by atoms with Crippen LogP contribution in [0.1, 0.15) is 11.4 Å². The second kappa shape index (κ2) is 4.71. The largest absolute Gasteiger partial charge is 0.249 e. The first kappa shape index (κ1) is 10.6. The normalized spacial score (nSPS) is 10.2. The van der Waals surface area contributed by atoms with E-state index in [1.165, 1.54) is 0 Å². The third kappa shape index (κ3) is 2.01. The molecule has 2 heteroatoms. The van der Waals surface area contributed by atoms with Crippen LogP contribution in [0, 0.1) is 0 Å². The number of fused-ring (bicyclic) bond motifs is 1. The predicted molar refractivity (Wildman–Crippen MR) is 67.3 cm³/mol. The molecule has 0 unspecified atom stereocenters. The van der Waals surface area contributed by atoms with Gasteiger partial charge >= 0.3 is 0 Å². The van der Waals surface area contributed by atoms with Crippen molar-refractivity contribution in [1.82, 2.24) is 9.97 Å². The molecule has 2 nitrogen and oxygen atoms in total. The van der Waals surface area contributed by atoms with E-state index < -0.39 is 0 Å². The van der Waals surface area contributed by atoms with Crippen molar-refractivity contribution in [3.05, 3.63) is 61.0 Å². The van der Waals surface area contributed by atoms with E-state index in [0.29, 0.717) is 0 Å². The lowest BCUT2D eigenvalue weighted by Crippen LogP contribution is -2.00. The van der Waals surface area contributed by atoms with Crippen LogP contribution in [0.3, 0.4) is 0 Å². The van der Waals surface area contributed by atoms with Gasteiger partial charge in [-0.05, 0) is 12.1 Å². The van der Waals surface area contributed by atoms with Gasteiger partial charge in [0, 0.05) is 12.8 Å². The first-order valence-corrected chi connectivity index (χ1v) is 5.31. The van der Waals surface area contributed by atoms with Gasteiger partial charge in [-0.2, -0.15) is 0 Å². The number of allylic oxidation sites excluding steroid dienone is 2. The zero-order valence-corrected chi connectivity index (χ0v) is 9.19. The zero-order valence-electron chi connectivity index (χ0n) is 9.19. The highest BCUT2D eigenvalue weighted by molar-refractivity contribution is 5.74. The highest BCUT2D eigenvalue weighted by atomic mass is 14.8. The average molecular weight is 210 g/mol. The fourth-order valence-corrected chi connectivity index (χ4v) is 1.67. The number of benzene rings is 1. The van der Waals surface area contributed by atoms with Crippen LogP contribution in [-0.4, -0.2) is 9.97 Å². The molecule has 0 atom stereocenters. The minimum atomic E-state index is 0.751. The van der Waals surface area contributed by atoms with E-state index in [2.05, 4.69) is 23.1 Å². The van der Waals surface area contributed by atoms with Gasteiger partial charge in [-0.1, -0.05) is 24.3 Å². The van der Waals surface area contributed by atoms with Crippen molar-refractivity contribution in [2.45, 2.75) is 12.8 Å². The van der Waals surface area contributed by atoms with Gasteiger partial charge in [0.1, 0.15) is 0 Å². The summed E-state index contributed by atoms with van der Waals surface area (Å²) in [5, 5.41) is 0. The zero-order chi connectivity index (χ0) is 11.4. The molecule has 2 rings (SSSR count). The van der Waals surface area contributed by atoms with E-state index >= 15 is 0 Å². The summed E-state index contributed by atoms with van der Waals surface area (Å²) in [6, 6.07) is 7.91. The Kier molecular flexibility index (Phi) is 3.10. The number of rotatable bonds is 4. The van der Waals surface area contributed by atoms with Crippen molar-refractivity contribution in [3.63, 3.8) is 0 Å². The molecular formula is C14H14N2. The van der Waals surface area contributed by atoms with E-state index in [0.717, 1.165) is 35.3 Å². The van der Waals surface area contributed by atoms with Crippen LogP contribution in [0.4, 0.5) is 0 Å². The molecule has 80 valence electrons. The molecule has 0 bridgehead atoms. The Morgan fingerprint density at radius 3 is 1.69 bits per heavy atom. The standard InChI is InChI=1S/C14H14N2/c1-3-7-11-12(8-4-2)16-14-10-6-5-9-13(14)15-11/h3-6,9-10H,1-2,7-8H2. The van der Waals surface area contributed by atoms with Crippen molar-refractivity contribution in [3.8, 4) is 0 Å². The maximum Gasteiger partial charge on any atom is 0.0890 e. The molecule has 0 N–H and O–H groups in total. The summed E-state index contributed by atoms with van der Waals surface area (Å²) in [6.07, 6.45) is 5.21. The first-order valence-electron chi connectivity index (χ1n) is 5.31. The van der Waals surface area contributed by atoms with Crippen molar-refractivity contribution < 1.29 is 0 Å². The summed E-state index contributed by atoms with van der Waals surface area (Å²) in [6.45, 7) is 7.49. The lowest BCUT2D eigenvalue weighted by Gasteiger charge is -2.06. The Morgan fingerprint density at radius 1 is 0.875 bits per heavy atom. The Labute approximate surface area is 95.4 Å². The molecule has 0 radical (unpaired) electrons. The number of para-hydroxylation sites is 2. The van der Waals surface area contributed by atoms with E-state index in [-0.39, 0.29) is 0 Å². The molecule has 0 saturated heterocycles. The van der Waals surface area contributed by atoms with Gasteiger partial charge in [-0.25, -0.2) is 9.97 Å². The van der Waals surface area contributed by atoms with Crippen molar-refractivity contribution >= 4 is 11.0 Å². The monoisotopic (exact) mass is 210 g/mol. The molecule has 0 saturated carbocycles. The molecule has 16 heavy (non-hydrogen) atoms. The van der Waals surface area contributed by atoms with Gasteiger partial charge in [0.05, 0.1) is 22.4 Å². The van der Waals surface area contributed by atoms with Crippen LogP contribution < -0.4 is 0 Å². The average Bonchev–Trinajstić information content (AvgIpc) is 2.30. The second-order valence-electron chi connectivity index (χ2n) is 3.59. The lowest BCUT2D eigenvalue weighted by molar-refractivity contribution is 1.00. The fourth-order valence-electron chi connectivity index (χ4n) is 1.67. The second-order valence-corrected chi connectivity index (χ2v) is 3.59. The lowest BCUT2D eigenvalue weighted by atomic mass is 10.1.